The van der Waals surface area contributed by atoms with E-state index in [-0.39, 0.29) is 23.9 Å². The van der Waals surface area contributed by atoms with Gasteiger partial charge >= 0.3 is 6.09 Å². The maximum Gasteiger partial charge on any atom is 0.408 e. The largest absolute Gasteiger partial charge is 0.444 e. The van der Waals surface area contributed by atoms with E-state index in [4.69, 9.17) is 9.47 Å². The van der Waals surface area contributed by atoms with Crippen LogP contribution in [0.3, 0.4) is 0 Å². The second-order valence-corrected chi connectivity index (χ2v) is 7.17. The van der Waals surface area contributed by atoms with Gasteiger partial charge in [-0.2, -0.15) is 0 Å². The summed E-state index contributed by atoms with van der Waals surface area (Å²) >= 11 is 0. The summed E-state index contributed by atoms with van der Waals surface area (Å²) in [5, 5.41) is 4.48. The fourth-order valence-electron chi connectivity index (χ4n) is 3.20. The molecule has 0 bridgehead atoms. The quantitative estimate of drug-likeness (QED) is 0.826. The van der Waals surface area contributed by atoms with Crippen LogP contribution in [0.4, 0.5) is 4.79 Å². The van der Waals surface area contributed by atoms with Crippen LogP contribution < -0.4 is 16.0 Å². The molecule has 1 fully saturated rings. The molecule has 26 heavy (non-hydrogen) atoms. The number of fused-ring (bicyclic) bond motifs is 1. The van der Waals surface area contributed by atoms with Crippen molar-refractivity contribution in [2.45, 2.75) is 38.5 Å². The summed E-state index contributed by atoms with van der Waals surface area (Å²) in [5.41, 5.74) is -0.634. The van der Waals surface area contributed by atoms with Crippen LogP contribution in [0, 0.1) is 0 Å². The van der Waals surface area contributed by atoms with Gasteiger partial charge in [0.05, 0.1) is 25.3 Å². The molecule has 1 aliphatic rings. The number of carbonyl (C=O) groups is 1. The van der Waals surface area contributed by atoms with Crippen molar-refractivity contribution in [2.75, 3.05) is 13.2 Å². The highest BCUT2D eigenvalue weighted by Gasteiger charge is 2.34. The van der Waals surface area contributed by atoms with Crippen LogP contribution in [0.2, 0.25) is 0 Å². The zero-order chi connectivity index (χ0) is 18.9. The van der Waals surface area contributed by atoms with Gasteiger partial charge in [-0.25, -0.2) is 14.4 Å². The summed E-state index contributed by atoms with van der Waals surface area (Å²) < 4.78 is 12.3. The first kappa shape index (κ1) is 18.0. The van der Waals surface area contributed by atoms with Gasteiger partial charge in [0.1, 0.15) is 16.3 Å². The van der Waals surface area contributed by atoms with Crippen LogP contribution in [0.15, 0.2) is 24.3 Å². The molecular formula is C19H20N2O5. The third-order valence-electron chi connectivity index (χ3n) is 4.20. The number of ether oxygens (including phenoxy) is 2. The molecule has 7 nitrogen and oxygen atoms in total. The normalized spacial score (nSPS) is 19.8. The molecular weight excluding hydrogens is 336 g/mol. The molecule has 0 spiro atoms. The Kier molecular flexibility index (Phi) is 4.70. The van der Waals surface area contributed by atoms with Crippen LogP contribution in [0.1, 0.15) is 26.8 Å². The van der Waals surface area contributed by atoms with Gasteiger partial charge in [0.25, 0.3) is 0 Å². The van der Waals surface area contributed by atoms with Gasteiger partial charge in [-0.3, -0.25) is 0 Å². The maximum absolute atomic E-state index is 12.1. The van der Waals surface area contributed by atoms with E-state index in [1.807, 2.05) is 11.9 Å². The average Bonchev–Trinajstić information content (AvgIpc) is 3.13. The van der Waals surface area contributed by atoms with Crippen LogP contribution in [0.25, 0.3) is 10.8 Å². The predicted molar refractivity (Wildman–Crippen MR) is 93.8 cm³/mol. The first-order valence-corrected chi connectivity index (χ1v) is 8.32. The van der Waals surface area contributed by atoms with Gasteiger partial charge in [0.2, 0.25) is 0 Å². The summed E-state index contributed by atoms with van der Waals surface area (Å²) in [4.78, 5) is 35.4. The SMILES string of the molecule is CC(C)(C)OC(=O)N[C@H]1COC[C@H]1n1c(=C=O)c2ccccc2c1=C=O. The summed E-state index contributed by atoms with van der Waals surface area (Å²) in [6.45, 7) is 5.80. The molecule has 1 aromatic carbocycles. The molecule has 0 aliphatic carbocycles. The Hall–Kier alpha value is -2.85. The van der Waals surface area contributed by atoms with Crippen molar-refractivity contribution >= 4 is 28.7 Å². The second-order valence-electron chi connectivity index (χ2n) is 7.17. The molecule has 136 valence electrons. The second kappa shape index (κ2) is 6.81. The lowest BCUT2D eigenvalue weighted by atomic mass is 10.1. The number of nitrogens with one attached hydrogen (secondary N) is 1. The number of hydrogen-bond donors (Lipinski definition) is 1. The fraction of sp³-hybridized carbons (Fsp3) is 0.421. The molecule has 2 aromatic rings. The zero-order valence-electron chi connectivity index (χ0n) is 14.9. The summed E-state index contributed by atoms with van der Waals surface area (Å²) in [5.74, 6) is 3.83. The third-order valence-corrected chi connectivity index (χ3v) is 4.20. The molecule has 1 amide bonds. The first-order valence-electron chi connectivity index (χ1n) is 8.32. The van der Waals surface area contributed by atoms with Gasteiger partial charge in [0, 0.05) is 10.8 Å². The molecule has 1 N–H and O–H groups in total. The minimum Gasteiger partial charge on any atom is -0.444 e. The Balaban J connectivity index is 2.05. The smallest absolute Gasteiger partial charge is 0.408 e. The van der Waals surface area contributed by atoms with Gasteiger partial charge < -0.3 is 19.4 Å². The highest BCUT2D eigenvalue weighted by molar-refractivity contribution is 5.88. The predicted octanol–water partition coefficient (Wildman–Crippen LogP) is 0.112. The van der Waals surface area contributed by atoms with E-state index in [1.165, 1.54) is 0 Å². The third kappa shape index (κ3) is 3.28. The van der Waals surface area contributed by atoms with Crippen molar-refractivity contribution in [2.24, 2.45) is 0 Å². The van der Waals surface area contributed by atoms with Gasteiger partial charge in [-0.1, -0.05) is 24.3 Å². The minimum atomic E-state index is -0.634. The van der Waals surface area contributed by atoms with E-state index < -0.39 is 23.8 Å². The summed E-state index contributed by atoms with van der Waals surface area (Å²) in [6, 6.07) is 6.17. The van der Waals surface area contributed by atoms with E-state index in [1.54, 1.807) is 49.6 Å². The Morgan fingerprint density at radius 3 is 2.23 bits per heavy atom. The molecule has 2 atom stereocenters. The Morgan fingerprint density at radius 2 is 1.73 bits per heavy atom. The number of alkyl carbamates (subject to hydrolysis) is 1. The highest BCUT2D eigenvalue weighted by atomic mass is 16.6. The number of hydrogen-bond acceptors (Lipinski definition) is 5. The number of benzene rings is 1. The van der Waals surface area contributed by atoms with Crippen molar-refractivity contribution in [3.05, 3.63) is 35.0 Å². The number of aromatic nitrogens is 1. The molecule has 1 saturated heterocycles. The molecule has 7 heteroatoms. The zero-order valence-corrected chi connectivity index (χ0v) is 14.9. The number of amides is 1. The van der Waals surface area contributed by atoms with Crippen molar-refractivity contribution in [3.63, 3.8) is 0 Å². The maximum atomic E-state index is 12.1. The number of nitrogens with zero attached hydrogens (tertiary/aromatic N) is 1. The Labute approximate surface area is 149 Å². The minimum absolute atomic E-state index is 0.241. The van der Waals surface area contributed by atoms with Crippen molar-refractivity contribution in [3.8, 4) is 0 Å². The summed E-state index contributed by atoms with van der Waals surface area (Å²) in [7, 11) is 0. The Bertz CT molecular complexity index is 950. The Morgan fingerprint density at radius 1 is 1.15 bits per heavy atom. The van der Waals surface area contributed by atoms with Crippen molar-refractivity contribution in [1.29, 1.82) is 0 Å². The van der Waals surface area contributed by atoms with Gasteiger partial charge in [0.15, 0.2) is 11.9 Å². The topological polar surface area (TPSA) is 86.6 Å². The first-order chi connectivity index (χ1) is 12.4. The van der Waals surface area contributed by atoms with E-state index in [0.29, 0.717) is 10.8 Å². The van der Waals surface area contributed by atoms with Gasteiger partial charge in [-0.15, -0.1) is 0 Å². The molecule has 1 aliphatic heterocycles. The number of carbonyl (C=O) groups excluding carboxylic acids is 3. The molecule has 3 rings (SSSR count). The molecule has 2 heterocycles. The molecule has 0 radical (unpaired) electrons. The molecule has 1 aromatic heterocycles. The van der Waals surface area contributed by atoms with Crippen LogP contribution in [-0.4, -0.2) is 47.4 Å². The lowest BCUT2D eigenvalue weighted by molar-refractivity contribution is 0.0492. The van der Waals surface area contributed by atoms with Crippen molar-refractivity contribution in [1.82, 2.24) is 9.88 Å². The lowest BCUT2D eigenvalue weighted by Crippen LogP contribution is -2.47. The molecule has 0 unspecified atom stereocenters. The average molecular weight is 356 g/mol. The number of rotatable bonds is 2. The fourth-order valence-corrected chi connectivity index (χ4v) is 3.20. The summed E-state index contributed by atoms with van der Waals surface area (Å²) in [6.07, 6.45) is -0.581. The molecule has 0 saturated carbocycles. The van der Waals surface area contributed by atoms with Crippen LogP contribution in [0.5, 0.6) is 0 Å². The van der Waals surface area contributed by atoms with E-state index in [9.17, 15) is 14.4 Å². The van der Waals surface area contributed by atoms with Crippen molar-refractivity contribution < 1.29 is 23.9 Å². The van der Waals surface area contributed by atoms with Crippen LogP contribution >= 0.6 is 0 Å². The monoisotopic (exact) mass is 356 g/mol. The van der Waals surface area contributed by atoms with Gasteiger partial charge in [-0.05, 0) is 20.8 Å². The van der Waals surface area contributed by atoms with E-state index in [0.717, 1.165) is 0 Å². The standard InChI is InChI=1S/C19H20N2O5/c1-19(2,3)26-18(24)20-14-10-25-11-17(14)21-15(8-22)12-6-4-5-7-13(12)16(21)9-23/h4-7,14,17H,10-11H2,1-3H3,(H,20,24)/t14-,17+/m0/s1. The van der Waals surface area contributed by atoms with Crippen LogP contribution in [-0.2, 0) is 19.1 Å². The van der Waals surface area contributed by atoms with E-state index in [2.05, 4.69) is 5.32 Å². The highest BCUT2D eigenvalue weighted by Crippen LogP contribution is 2.19. The lowest BCUT2D eigenvalue weighted by Gasteiger charge is -2.24. The van der Waals surface area contributed by atoms with E-state index >= 15 is 0 Å².